The van der Waals surface area contributed by atoms with Crippen LogP contribution >= 0.6 is 0 Å². The van der Waals surface area contributed by atoms with Crippen LogP contribution in [0, 0.1) is 12.3 Å². The number of hydrogen-bond donors (Lipinski definition) is 0. The van der Waals surface area contributed by atoms with Crippen LogP contribution in [0.15, 0.2) is 72.8 Å². The molecule has 0 N–H and O–H groups in total. The maximum absolute atomic E-state index is 13.7. The van der Waals surface area contributed by atoms with E-state index >= 15 is 0 Å². The molecule has 8 nitrogen and oxygen atoms in total. The van der Waals surface area contributed by atoms with Gasteiger partial charge in [0.05, 0.1) is 34.1 Å². The van der Waals surface area contributed by atoms with Gasteiger partial charge in [-0.25, -0.2) is 5.06 Å². The first-order valence-electron chi connectivity index (χ1n) is 12.3. The number of benzene rings is 3. The summed E-state index contributed by atoms with van der Waals surface area (Å²) < 4.78 is 21.2. The number of carbonyl (C=O) groups excluding carboxylic acids is 2. The van der Waals surface area contributed by atoms with E-state index in [4.69, 9.17) is 23.8 Å². The Morgan fingerprint density at radius 2 is 1.26 bits per heavy atom. The van der Waals surface area contributed by atoms with Gasteiger partial charge in [-0.2, -0.15) is 0 Å². The average molecular weight is 520 g/mol. The predicted octanol–water partition coefficient (Wildman–Crippen LogP) is 5.36. The lowest BCUT2D eigenvalue weighted by atomic mass is 9.72. The summed E-state index contributed by atoms with van der Waals surface area (Å²) in [6.45, 7) is 1.97. The topological polar surface area (TPSA) is 83.5 Å². The van der Waals surface area contributed by atoms with E-state index in [1.54, 1.807) is 31.4 Å². The van der Waals surface area contributed by atoms with E-state index in [9.17, 15) is 9.59 Å². The summed E-state index contributed by atoms with van der Waals surface area (Å²) in [5, 5.41) is 1.64. The third-order valence-corrected chi connectivity index (χ3v) is 7.05. The molecule has 3 aromatic carbocycles. The Morgan fingerprint density at radius 3 is 1.76 bits per heavy atom. The molecule has 0 unspecified atom stereocenters. The molecule has 8 heteroatoms. The normalized spacial score (nSPS) is 18.7. The van der Waals surface area contributed by atoms with Crippen molar-refractivity contribution in [2.75, 3.05) is 33.5 Å². The van der Waals surface area contributed by atoms with E-state index in [1.807, 2.05) is 67.6 Å². The molecule has 1 aliphatic heterocycles. The highest BCUT2D eigenvalue weighted by Gasteiger charge is 2.59. The van der Waals surface area contributed by atoms with Crippen molar-refractivity contribution in [3.8, 4) is 11.5 Å². The van der Waals surface area contributed by atoms with Crippen LogP contribution in [-0.4, -0.2) is 40.4 Å². The second-order valence-electron chi connectivity index (χ2n) is 9.20. The molecule has 0 saturated carbocycles. The zero-order chi connectivity index (χ0) is 27.3. The lowest BCUT2D eigenvalue weighted by molar-refractivity contribution is -0.172. The summed E-state index contributed by atoms with van der Waals surface area (Å²) in [7, 11) is 5.76. The second kappa shape index (κ2) is 11.6. The SMILES string of the molecule is COC(=O)C1(C(=O)OC)CC[C@H](c2ccc(OC)cc2)ON(c2ccc(OC)cc2)[C@@H]1c1ccc(C)cc1. The number of methoxy groups -OCH3 is 4. The number of ether oxygens (including phenoxy) is 4. The van der Waals surface area contributed by atoms with Crippen LogP contribution in [0.2, 0.25) is 0 Å². The minimum Gasteiger partial charge on any atom is -0.497 e. The Bertz CT molecular complexity index is 1220. The third-order valence-electron chi connectivity index (χ3n) is 7.05. The summed E-state index contributed by atoms with van der Waals surface area (Å²) in [5.74, 6) is -0.000390. The quantitative estimate of drug-likeness (QED) is 0.305. The van der Waals surface area contributed by atoms with Crippen LogP contribution in [0.5, 0.6) is 11.5 Å². The monoisotopic (exact) mass is 519 g/mol. The zero-order valence-electron chi connectivity index (χ0n) is 22.3. The average Bonchev–Trinajstić information content (AvgIpc) is 3.15. The van der Waals surface area contributed by atoms with E-state index < -0.39 is 29.5 Å². The minimum atomic E-state index is -1.71. The van der Waals surface area contributed by atoms with Gasteiger partial charge in [0.1, 0.15) is 23.6 Å². The van der Waals surface area contributed by atoms with Crippen molar-refractivity contribution in [3.63, 3.8) is 0 Å². The predicted molar refractivity (Wildman–Crippen MR) is 142 cm³/mol. The molecule has 1 aliphatic rings. The van der Waals surface area contributed by atoms with Crippen LogP contribution < -0.4 is 14.5 Å². The highest BCUT2D eigenvalue weighted by Crippen LogP contribution is 2.51. The minimum absolute atomic E-state index is 0.133. The lowest BCUT2D eigenvalue weighted by Crippen LogP contribution is -2.51. The number of anilines is 1. The van der Waals surface area contributed by atoms with Crippen LogP contribution in [0.1, 0.15) is 41.7 Å². The summed E-state index contributed by atoms with van der Waals surface area (Å²) in [5.41, 5.74) is 1.54. The molecule has 0 aliphatic carbocycles. The first-order valence-corrected chi connectivity index (χ1v) is 12.3. The molecular formula is C30H33NO7. The molecule has 0 amide bonds. The summed E-state index contributed by atoms with van der Waals surface area (Å²) in [6.07, 6.45) is 0.00640. The van der Waals surface area contributed by atoms with Gasteiger partial charge in [-0.1, -0.05) is 42.0 Å². The van der Waals surface area contributed by atoms with Crippen molar-refractivity contribution in [1.29, 1.82) is 0 Å². The molecular weight excluding hydrogens is 486 g/mol. The van der Waals surface area contributed by atoms with E-state index in [0.717, 1.165) is 11.1 Å². The first-order chi connectivity index (χ1) is 18.4. The van der Waals surface area contributed by atoms with Gasteiger partial charge >= 0.3 is 11.9 Å². The Kier molecular flexibility index (Phi) is 8.22. The molecule has 0 radical (unpaired) electrons. The number of nitrogens with zero attached hydrogens (tertiary/aromatic N) is 1. The van der Waals surface area contributed by atoms with Gasteiger partial charge < -0.3 is 18.9 Å². The van der Waals surface area contributed by atoms with Gasteiger partial charge in [-0.3, -0.25) is 14.4 Å². The molecule has 2 atom stereocenters. The van der Waals surface area contributed by atoms with Crippen molar-refractivity contribution in [2.24, 2.45) is 5.41 Å². The smallest absolute Gasteiger partial charge is 0.325 e. The third kappa shape index (κ3) is 5.04. The molecule has 0 aromatic heterocycles. The second-order valence-corrected chi connectivity index (χ2v) is 9.20. The van der Waals surface area contributed by atoms with Gasteiger partial charge in [-0.05, 0) is 67.3 Å². The van der Waals surface area contributed by atoms with Crippen LogP contribution in [0.4, 0.5) is 5.69 Å². The highest BCUT2D eigenvalue weighted by molar-refractivity contribution is 6.01. The molecule has 0 spiro atoms. The summed E-state index contributed by atoms with van der Waals surface area (Å²) in [4.78, 5) is 34.0. The van der Waals surface area contributed by atoms with Crippen molar-refractivity contribution < 1.29 is 33.4 Å². The van der Waals surface area contributed by atoms with Crippen molar-refractivity contribution in [2.45, 2.75) is 31.9 Å². The lowest BCUT2D eigenvalue weighted by Gasteiger charge is -2.40. The molecule has 0 bridgehead atoms. The zero-order valence-corrected chi connectivity index (χ0v) is 22.3. The van der Waals surface area contributed by atoms with E-state index in [2.05, 4.69) is 0 Å². The number of carbonyl (C=O) groups is 2. The number of rotatable bonds is 7. The molecule has 4 rings (SSSR count). The standard InChI is InChI=1S/C30H33NO7/c1-20-6-8-22(9-7-20)27-30(28(32)36-4,29(33)37-5)19-18-26(21-10-14-24(34-2)15-11-21)38-31(27)23-12-16-25(35-3)17-13-23/h6-17,26-27H,18-19H2,1-5H3/t26-,27-/m1/s1. The van der Waals surface area contributed by atoms with Crippen molar-refractivity contribution >= 4 is 17.6 Å². The molecule has 1 heterocycles. The highest BCUT2D eigenvalue weighted by atomic mass is 16.7. The van der Waals surface area contributed by atoms with Crippen molar-refractivity contribution in [3.05, 3.63) is 89.5 Å². The van der Waals surface area contributed by atoms with E-state index in [1.165, 1.54) is 14.2 Å². The summed E-state index contributed by atoms with van der Waals surface area (Å²) >= 11 is 0. The van der Waals surface area contributed by atoms with Crippen molar-refractivity contribution in [1.82, 2.24) is 0 Å². The molecule has 3 aromatic rings. The maximum Gasteiger partial charge on any atom is 0.325 e. The van der Waals surface area contributed by atoms with Gasteiger partial charge in [0.15, 0.2) is 5.41 Å². The molecule has 200 valence electrons. The summed E-state index contributed by atoms with van der Waals surface area (Å²) in [6, 6.07) is 21.6. The van der Waals surface area contributed by atoms with Gasteiger partial charge in [-0.15, -0.1) is 0 Å². The fraction of sp³-hybridized carbons (Fsp3) is 0.333. The largest absolute Gasteiger partial charge is 0.497 e. The van der Waals surface area contributed by atoms with Crippen LogP contribution in [-0.2, 0) is 23.9 Å². The number of aryl methyl sites for hydroxylation is 1. The fourth-order valence-corrected chi connectivity index (χ4v) is 4.98. The van der Waals surface area contributed by atoms with Gasteiger partial charge in [0.25, 0.3) is 0 Å². The number of hydroxylamine groups is 1. The fourth-order valence-electron chi connectivity index (χ4n) is 4.98. The molecule has 1 saturated heterocycles. The van der Waals surface area contributed by atoms with Crippen LogP contribution in [0.3, 0.4) is 0 Å². The van der Waals surface area contributed by atoms with E-state index in [-0.39, 0.29) is 6.42 Å². The Labute approximate surface area is 223 Å². The Morgan fingerprint density at radius 1 is 0.763 bits per heavy atom. The van der Waals surface area contributed by atoms with Gasteiger partial charge in [0, 0.05) is 0 Å². The molecule has 1 fully saturated rings. The van der Waals surface area contributed by atoms with Gasteiger partial charge in [0.2, 0.25) is 0 Å². The maximum atomic E-state index is 13.7. The Hall–Kier alpha value is -4.04. The Balaban J connectivity index is 1.95. The number of hydrogen-bond acceptors (Lipinski definition) is 8. The molecule has 38 heavy (non-hydrogen) atoms. The van der Waals surface area contributed by atoms with E-state index in [0.29, 0.717) is 29.2 Å². The number of esters is 2. The first kappa shape index (κ1) is 27.0. The van der Waals surface area contributed by atoms with Crippen LogP contribution in [0.25, 0.3) is 0 Å².